The van der Waals surface area contributed by atoms with Crippen LogP contribution in [-0.4, -0.2) is 57.9 Å². The Labute approximate surface area is 236 Å². The summed E-state index contributed by atoms with van der Waals surface area (Å²) in [6.07, 6.45) is 4.09. The Morgan fingerprint density at radius 1 is 1.05 bits per heavy atom. The van der Waals surface area contributed by atoms with E-state index in [0.29, 0.717) is 40.1 Å². The van der Waals surface area contributed by atoms with Gasteiger partial charge >= 0.3 is 0 Å². The quantitative estimate of drug-likeness (QED) is 0.265. The summed E-state index contributed by atoms with van der Waals surface area (Å²) in [6, 6.07) is 18.6. The van der Waals surface area contributed by atoms with Gasteiger partial charge in [-0.05, 0) is 68.4 Å². The standard InChI is InChI=1S/C30H30N6O3S/c1-20-31-19-25(39-20)26-12-13-27(40-26)28(37)33-30-32-23-18-22(34(2)29(38)21-8-4-3-5-9-21)10-11-24(23)36(30)17-16-35-14-6-7-15-35/h3-5,8-13,18-19H,6-7,14-17H2,1-2H3,(H,32,33,37). The number of imidazole rings is 1. The van der Waals surface area contributed by atoms with E-state index < -0.39 is 0 Å². The van der Waals surface area contributed by atoms with Crippen LogP contribution in [-0.2, 0) is 6.54 Å². The number of rotatable bonds is 8. The van der Waals surface area contributed by atoms with Crippen molar-refractivity contribution in [1.29, 1.82) is 0 Å². The lowest BCUT2D eigenvalue weighted by molar-refractivity contribution is 0.0991. The second-order valence-electron chi connectivity index (χ2n) is 9.90. The summed E-state index contributed by atoms with van der Waals surface area (Å²) in [4.78, 5) is 40.8. The van der Waals surface area contributed by atoms with Crippen molar-refractivity contribution >= 4 is 45.8 Å². The van der Waals surface area contributed by atoms with Crippen LogP contribution >= 0.6 is 11.3 Å². The molecular weight excluding hydrogens is 524 g/mol. The topological polar surface area (TPSA) is 96.5 Å². The molecule has 2 aromatic carbocycles. The van der Waals surface area contributed by atoms with E-state index in [2.05, 4.69) is 19.8 Å². The Kier molecular flexibility index (Phi) is 7.19. The van der Waals surface area contributed by atoms with Gasteiger partial charge in [0.2, 0.25) is 5.95 Å². The molecule has 6 rings (SSSR count). The number of likely N-dealkylation sites (tertiary alicyclic amines) is 1. The van der Waals surface area contributed by atoms with Gasteiger partial charge < -0.3 is 18.8 Å². The van der Waals surface area contributed by atoms with Crippen molar-refractivity contribution in [3.05, 3.63) is 83.2 Å². The molecule has 0 atom stereocenters. The molecule has 204 valence electrons. The fourth-order valence-corrected chi connectivity index (χ4v) is 5.87. The number of anilines is 2. The van der Waals surface area contributed by atoms with E-state index in [9.17, 15) is 9.59 Å². The van der Waals surface area contributed by atoms with E-state index in [1.807, 2.05) is 42.5 Å². The number of nitrogens with one attached hydrogen (secondary N) is 1. The molecule has 4 heterocycles. The highest BCUT2D eigenvalue weighted by atomic mass is 32.1. The van der Waals surface area contributed by atoms with Crippen LogP contribution in [0.3, 0.4) is 0 Å². The molecule has 10 heteroatoms. The summed E-state index contributed by atoms with van der Waals surface area (Å²) in [6.45, 7) is 5.53. The highest BCUT2D eigenvalue weighted by molar-refractivity contribution is 7.17. The number of oxazole rings is 1. The zero-order chi connectivity index (χ0) is 27.6. The van der Waals surface area contributed by atoms with Gasteiger partial charge in [-0.25, -0.2) is 9.97 Å². The largest absolute Gasteiger partial charge is 0.440 e. The second kappa shape index (κ2) is 11.1. The number of carbonyl (C=O) groups excluding carboxylic acids is 2. The number of hydrogen-bond donors (Lipinski definition) is 1. The number of aryl methyl sites for hydroxylation is 1. The van der Waals surface area contributed by atoms with Crippen LogP contribution in [0.25, 0.3) is 21.7 Å². The van der Waals surface area contributed by atoms with E-state index in [1.54, 1.807) is 43.3 Å². The Hall–Kier alpha value is -4.28. The van der Waals surface area contributed by atoms with Gasteiger partial charge in [-0.3, -0.25) is 14.9 Å². The number of nitrogens with zero attached hydrogens (tertiary/aromatic N) is 5. The number of thiophene rings is 1. The van der Waals surface area contributed by atoms with E-state index >= 15 is 0 Å². The molecule has 9 nitrogen and oxygen atoms in total. The first-order chi connectivity index (χ1) is 19.5. The third kappa shape index (κ3) is 5.28. The van der Waals surface area contributed by atoms with Crippen molar-refractivity contribution in [2.45, 2.75) is 26.3 Å². The second-order valence-corrected chi connectivity index (χ2v) is 11.0. The molecule has 0 radical (unpaired) electrons. The van der Waals surface area contributed by atoms with Crippen LogP contribution in [0.15, 0.2) is 71.3 Å². The summed E-state index contributed by atoms with van der Waals surface area (Å²) in [5.74, 6) is 1.37. The lowest BCUT2D eigenvalue weighted by Gasteiger charge is -2.18. The van der Waals surface area contributed by atoms with Crippen LogP contribution in [0.4, 0.5) is 11.6 Å². The van der Waals surface area contributed by atoms with Gasteiger partial charge in [-0.15, -0.1) is 11.3 Å². The maximum absolute atomic E-state index is 13.3. The van der Waals surface area contributed by atoms with Crippen LogP contribution in [0, 0.1) is 6.92 Å². The van der Waals surface area contributed by atoms with Crippen molar-refractivity contribution in [1.82, 2.24) is 19.4 Å². The predicted molar refractivity (Wildman–Crippen MR) is 157 cm³/mol. The molecule has 1 saturated heterocycles. The molecule has 0 spiro atoms. The van der Waals surface area contributed by atoms with E-state index in [0.717, 1.165) is 35.7 Å². The first-order valence-corrected chi connectivity index (χ1v) is 14.2. The molecule has 0 saturated carbocycles. The third-order valence-corrected chi connectivity index (χ3v) is 8.30. The average molecular weight is 555 g/mol. The number of benzene rings is 2. The fourth-order valence-electron chi connectivity index (χ4n) is 5.02. The van der Waals surface area contributed by atoms with Crippen molar-refractivity contribution < 1.29 is 14.0 Å². The molecule has 5 aromatic rings. The first-order valence-electron chi connectivity index (χ1n) is 13.4. The Balaban J connectivity index is 1.29. The van der Waals surface area contributed by atoms with Gasteiger partial charge in [0.05, 0.1) is 27.0 Å². The summed E-state index contributed by atoms with van der Waals surface area (Å²) < 4.78 is 7.67. The Morgan fingerprint density at radius 2 is 1.85 bits per heavy atom. The Morgan fingerprint density at radius 3 is 2.60 bits per heavy atom. The predicted octanol–water partition coefficient (Wildman–Crippen LogP) is 5.69. The average Bonchev–Trinajstić information content (AvgIpc) is 3.78. The molecule has 0 unspecified atom stereocenters. The van der Waals surface area contributed by atoms with E-state index in [-0.39, 0.29) is 11.8 Å². The molecule has 2 amide bonds. The molecule has 0 bridgehead atoms. The van der Waals surface area contributed by atoms with Gasteiger partial charge in [0.25, 0.3) is 11.8 Å². The number of amides is 2. The maximum Gasteiger partial charge on any atom is 0.268 e. The molecule has 40 heavy (non-hydrogen) atoms. The summed E-state index contributed by atoms with van der Waals surface area (Å²) in [5.41, 5.74) is 2.97. The molecule has 1 N–H and O–H groups in total. The van der Waals surface area contributed by atoms with Crippen LogP contribution < -0.4 is 10.2 Å². The van der Waals surface area contributed by atoms with Gasteiger partial charge in [0.1, 0.15) is 0 Å². The molecule has 1 fully saturated rings. The number of fused-ring (bicyclic) bond motifs is 1. The highest BCUT2D eigenvalue weighted by Gasteiger charge is 2.20. The Bertz CT molecular complexity index is 1670. The lowest BCUT2D eigenvalue weighted by Crippen LogP contribution is -2.26. The fraction of sp³-hybridized carbons (Fsp3) is 0.267. The molecule has 3 aromatic heterocycles. The minimum atomic E-state index is -0.234. The van der Waals surface area contributed by atoms with Crippen molar-refractivity contribution in [2.75, 3.05) is 36.9 Å². The molecule has 1 aliphatic heterocycles. The molecule has 1 aliphatic rings. The van der Waals surface area contributed by atoms with Gasteiger partial charge in [0.15, 0.2) is 11.7 Å². The lowest BCUT2D eigenvalue weighted by atomic mass is 10.2. The molecule has 0 aliphatic carbocycles. The summed E-state index contributed by atoms with van der Waals surface area (Å²) in [5, 5.41) is 3.04. The number of carbonyl (C=O) groups is 2. The van der Waals surface area contributed by atoms with Crippen LogP contribution in [0.2, 0.25) is 0 Å². The van der Waals surface area contributed by atoms with E-state index in [4.69, 9.17) is 9.40 Å². The highest BCUT2D eigenvalue weighted by Crippen LogP contribution is 2.30. The minimum absolute atomic E-state index is 0.0996. The zero-order valence-electron chi connectivity index (χ0n) is 22.5. The van der Waals surface area contributed by atoms with Gasteiger partial charge in [-0.2, -0.15) is 0 Å². The minimum Gasteiger partial charge on any atom is -0.440 e. The van der Waals surface area contributed by atoms with Gasteiger partial charge in [0, 0.05) is 38.3 Å². The SMILES string of the molecule is Cc1ncc(-c2ccc(C(=O)Nc3nc4cc(N(C)C(=O)c5ccccc5)ccc4n3CCN3CCCC3)s2)o1. The summed E-state index contributed by atoms with van der Waals surface area (Å²) >= 11 is 1.35. The normalized spacial score (nSPS) is 13.7. The van der Waals surface area contributed by atoms with Crippen molar-refractivity contribution in [3.63, 3.8) is 0 Å². The van der Waals surface area contributed by atoms with Gasteiger partial charge in [-0.1, -0.05) is 18.2 Å². The monoisotopic (exact) mass is 554 g/mol. The number of aromatic nitrogens is 3. The van der Waals surface area contributed by atoms with Crippen molar-refractivity contribution in [3.8, 4) is 10.6 Å². The number of hydrogen-bond acceptors (Lipinski definition) is 7. The van der Waals surface area contributed by atoms with Crippen LogP contribution in [0.5, 0.6) is 0 Å². The first kappa shape index (κ1) is 26.0. The van der Waals surface area contributed by atoms with Crippen molar-refractivity contribution in [2.24, 2.45) is 0 Å². The smallest absolute Gasteiger partial charge is 0.268 e. The zero-order valence-corrected chi connectivity index (χ0v) is 23.3. The third-order valence-electron chi connectivity index (χ3n) is 7.20. The van der Waals surface area contributed by atoms with Crippen LogP contribution in [0.1, 0.15) is 38.8 Å². The summed E-state index contributed by atoms with van der Waals surface area (Å²) in [7, 11) is 1.76. The maximum atomic E-state index is 13.3. The van der Waals surface area contributed by atoms with E-state index in [1.165, 1.54) is 24.2 Å². The molecular formula is C30H30N6O3S.